The first kappa shape index (κ1) is 16.3. The molecule has 1 heterocycles. The molecule has 5 heteroatoms. The van der Waals surface area contributed by atoms with Crippen molar-refractivity contribution in [1.82, 2.24) is 9.80 Å². The van der Waals surface area contributed by atoms with E-state index in [1.54, 1.807) is 36.9 Å². The number of phenols is 1. The van der Waals surface area contributed by atoms with Gasteiger partial charge in [0.15, 0.2) is 0 Å². The first-order valence-corrected chi connectivity index (χ1v) is 7.71. The van der Waals surface area contributed by atoms with E-state index in [0.717, 1.165) is 6.54 Å². The van der Waals surface area contributed by atoms with Gasteiger partial charge in [-0.1, -0.05) is 19.9 Å². The monoisotopic (exact) mass is 304 g/mol. The number of carbonyl (C=O) groups is 2. The largest absolute Gasteiger partial charge is 0.508 e. The van der Waals surface area contributed by atoms with E-state index in [2.05, 4.69) is 13.8 Å². The summed E-state index contributed by atoms with van der Waals surface area (Å²) in [6, 6.07) is 4.43. The van der Waals surface area contributed by atoms with Crippen LogP contribution in [0.15, 0.2) is 18.2 Å². The van der Waals surface area contributed by atoms with Crippen molar-refractivity contribution < 1.29 is 14.7 Å². The third kappa shape index (κ3) is 3.08. The van der Waals surface area contributed by atoms with Gasteiger partial charge >= 0.3 is 0 Å². The molecule has 0 aliphatic carbocycles. The van der Waals surface area contributed by atoms with Crippen molar-refractivity contribution in [1.29, 1.82) is 0 Å². The Hall–Kier alpha value is -2.04. The van der Waals surface area contributed by atoms with Gasteiger partial charge in [-0.15, -0.1) is 0 Å². The number of piperazine rings is 1. The lowest BCUT2D eigenvalue weighted by Gasteiger charge is -2.40. The molecule has 0 spiro atoms. The minimum Gasteiger partial charge on any atom is -0.508 e. The molecule has 2 amide bonds. The Morgan fingerprint density at radius 3 is 2.68 bits per heavy atom. The summed E-state index contributed by atoms with van der Waals surface area (Å²) in [4.78, 5) is 28.6. The maximum Gasteiger partial charge on any atom is 0.254 e. The van der Waals surface area contributed by atoms with Crippen molar-refractivity contribution in [3.05, 3.63) is 29.3 Å². The lowest BCUT2D eigenvalue weighted by Crippen LogP contribution is -2.58. The van der Waals surface area contributed by atoms with Crippen LogP contribution in [0, 0.1) is 12.8 Å². The van der Waals surface area contributed by atoms with E-state index in [0.29, 0.717) is 30.1 Å². The van der Waals surface area contributed by atoms with Crippen molar-refractivity contribution in [3.8, 4) is 5.75 Å². The summed E-state index contributed by atoms with van der Waals surface area (Å²) >= 11 is 0. The second kappa shape index (κ2) is 6.38. The number of amides is 2. The summed E-state index contributed by atoms with van der Waals surface area (Å²) in [6.45, 7) is 9.43. The highest BCUT2D eigenvalue weighted by Gasteiger charge is 2.35. The van der Waals surface area contributed by atoms with Gasteiger partial charge in [-0.2, -0.15) is 0 Å². The Kier molecular flexibility index (Phi) is 4.74. The van der Waals surface area contributed by atoms with E-state index in [1.165, 1.54) is 0 Å². The SMILES string of the molecule is Cc1c(O)cccc1C(=O)N1CCN(CC(C)C)C(=O)C1C. The summed E-state index contributed by atoms with van der Waals surface area (Å²) in [5.41, 5.74) is 1.01. The molecule has 1 aliphatic heterocycles. The second-order valence-corrected chi connectivity index (χ2v) is 6.30. The standard InChI is InChI=1S/C17H24N2O3/c1-11(2)10-18-8-9-19(13(4)16(18)21)17(22)14-6-5-7-15(20)12(14)3/h5-7,11,13,20H,8-10H2,1-4H3. The van der Waals surface area contributed by atoms with E-state index < -0.39 is 6.04 Å². The average molecular weight is 304 g/mol. The van der Waals surface area contributed by atoms with Gasteiger partial charge in [0.05, 0.1) is 0 Å². The molecule has 1 aliphatic rings. The zero-order valence-corrected chi connectivity index (χ0v) is 13.7. The van der Waals surface area contributed by atoms with Gasteiger partial charge in [-0.05, 0) is 31.9 Å². The van der Waals surface area contributed by atoms with Crippen molar-refractivity contribution in [2.45, 2.75) is 33.7 Å². The van der Waals surface area contributed by atoms with Crippen LogP contribution in [0.1, 0.15) is 36.7 Å². The van der Waals surface area contributed by atoms with E-state index in [-0.39, 0.29) is 17.6 Å². The summed E-state index contributed by atoms with van der Waals surface area (Å²) in [5, 5.41) is 9.76. The number of phenolic OH excluding ortho intramolecular Hbond substituents is 1. The Labute approximate surface area is 131 Å². The molecule has 22 heavy (non-hydrogen) atoms. The van der Waals surface area contributed by atoms with Gasteiger partial charge in [0, 0.05) is 30.8 Å². The van der Waals surface area contributed by atoms with Gasteiger partial charge < -0.3 is 14.9 Å². The fourth-order valence-electron chi connectivity index (χ4n) is 2.84. The molecule has 5 nitrogen and oxygen atoms in total. The quantitative estimate of drug-likeness (QED) is 0.929. The van der Waals surface area contributed by atoms with Crippen LogP contribution in [0.25, 0.3) is 0 Å². The number of rotatable bonds is 3. The van der Waals surface area contributed by atoms with Gasteiger partial charge in [0.25, 0.3) is 5.91 Å². The third-order valence-corrected chi connectivity index (χ3v) is 4.13. The number of nitrogens with zero attached hydrogens (tertiary/aromatic N) is 2. The molecule has 0 radical (unpaired) electrons. The predicted octanol–water partition coefficient (Wildman–Crippen LogP) is 2.03. The molecule has 1 unspecified atom stereocenters. The van der Waals surface area contributed by atoms with Crippen LogP contribution in [0.2, 0.25) is 0 Å². The van der Waals surface area contributed by atoms with Crippen LogP contribution in [0.5, 0.6) is 5.75 Å². The molecule has 0 aromatic heterocycles. The highest BCUT2D eigenvalue weighted by Crippen LogP contribution is 2.23. The number of aromatic hydroxyl groups is 1. The van der Waals surface area contributed by atoms with E-state index in [1.807, 2.05) is 4.90 Å². The van der Waals surface area contributed by atoms with Crippen LogP contribution in [-0.2, 0) is 4.79 Å². The van der Waals surface area contributed by atoms with Gasteiger partial charge in [0.2, 0.25) is 5.91 Å². The first-order chi connectivity index (χ1) is 10.3. The lowest BCUT2D eigenvalue weighted by atomic mass is 10.0. The molecular weight excluding hydrogens is 280 g/mol. The normalized spacial score (nSPS) is 19.0. The third-order valence-electron chi connectivity index (χ3n) is 4.13. The molecule has 0 saturated carbocycles. The fraction of sp³-hybridized carbons (Fsp3) is 0.529. The Balaban J connectivity index is 2.18. The van der Waals surface area contributed by atoms with E-state index >= 15 is 0 Å². The maximum absolute atomic E-state index is 12.7. The van der Waals surface area contributed by atoms with Gasteiger partial charge in [0.1, 0.15) is 11.8 Å². The molecule has 1 aromatic carbocycles. The molecule has 120 valence electrons. The minimum absolute atomic E-state index is 0.00824. The first-order valence-electron chi connectivity index (χ1n) is 7.71. The molecule has 1 fully saturated rings. The molecule has 2 rings (SSSR count). The van der Waals surface area contributed by atoms with Crippen molar-refractivity contribution >= 4 is 11.8 Å². The molecule has 1 saturated heterocycles. The minimum atomic E-state index is -0.471. The number of benzene rings is 1. The summed E-state index contributed by atoms with van der Waals surface area (Å²) in [6.07, 6.45) is 0. The van der Waals surface area contributed by atoms with Crippen LogP contribution in [0.4, 0.5) is 0 Å². The predicted molar refractivity (Wildman–Crippen MR) is 84.8 cm³/mol. The van der Waals surface area contributed by atoms with Crippen molar-refractivity contribution in [3.63, 3.8) is 0 Å². The zero-order chi connectivity index (χ0) is 16.4. The summed E-state index contributed by atoms with van der Waals surface area (Å²) in [5.74, 6) is 0.305. The van der Waals surface area contributed by atoms with E-state index in [9.17, 15) is 14.7 Å². The number of hydrogen-bond donors (Lipinski definition) is 1. The van der Waals surface area contributed by atoms with Gasteiger partial charge in [-0.3, -0.25) is 9.59 Å². The van der Waals surface area contributed by atoms with Gasteiger partial charge in [-0.25, -0.2) is 0 Å². The molecule has 0 bridgehead atoms. The van der Waals surface area contributed by atoms with Crippen LogP contribution in [-0.4, -0.2) is 52.4 Å². The number of hydrogen-bond acceptors (Lipinski definition) is 3. The van der Waals surface area contributed by atoms with Crippen molar-refractivity contribution in [2.24, 2.45) is 5.92 Å². The molecular formula is C17H24N2O3. The second-order valence-electron chi connectivity index (χ2n) is 6.30. The zero-order valence-electron chi connectivity index (χ0n) is 13.7. The topological polar surface area (TPSA) is 60.9 Å². The van der Waals surface area contributed by atoms with E-state index in [4.69, 9.17) is 0 Å². The average Bonchev–Trinajstić information content (AvgIpc) is 2.46. The van der Waals surface area contributed by atoms with Crippen LogP contribution >= 0.6 is 0 Å². The molecule has 1 aromatic rings. The molecule has 1 N–H and O–H groups in total. The maximum atomic E-state index is 12.7. The Morgan fingerprint density at radius 1 is 1.36 bits per heavy atom. The van der Waals surface area contributed by atoms with Crippen LogP contribution in [0.3, 0.4) is 0 Å². The number of carbonyl (C=O) groups excluding carboxylic acids is 2. The highest BCUT2D eigenvalue weighted by molar-refractivity contribution is 5.99. The lowest BCUT2D eigenvalue weighted by molar-refractivity contribution is -0.140. The Bertz CT molecular complexity index is 583. The summed E-state index contributed by atoms with van der Waals surface area (Å²) < 4.78 is 0. The smallest absolute Gasteiger partial charge is 0.254 e. The molecule has 1 atom stereocenters. The fourth-order valence-corrected chi connectivity index (χ4v) is 2.84. The summed E-state index contributed by atoms with van der Waals surface area (Å²) in [7, 11) is 0. The highest BCUT2D eigenvalue weighted by atomic mass is 16.3. The van der Waals surface area contributed by atoms with Crippen molar-refractivity contribution in [2.75, 3.05) is 19.6 Å². The van der Waals surface area contributed by atoms with Crippen LogP contribution < -0.4 is 0 Å². The Morgan fingerprint density at radius 2 is 2.05 bits per heavy atom.